The van der Waals surface area contributed by atoms with Crippen molar-refractivity contribution < 1.29 is 4.79 Å². The molecule has 0 aromatic heterocycles. The van der Waals surface area contributed by atoms with Gasteiger partial charge in [0.25, 0.3) is 5.91 Å². The van der Waals surface area contributed by atoms with E-state index in [9.17, 15) is 10.1 Å². The van der Waals surface area contributed by atoms with Crippen LogP contribution in [0.15, 0.2) is 60.3 Å². The Bertz CT molecular complexity index is 843. The molecule has 0 unspecified atom stereocenters. The average molecular weight is 368 g/mol. The quantitative estimate of drug-likeness (QED) is 0.590. The van der Waals surface area contributed by atoms with Gasteiger partial charge in [-0.2, -0.15) is 5.26 Å². The van der Waals surface area contributed by atoms with E-state index in [1.54, 1.807) is 12.1 Å². The molecule has 0 heterocycles. The fourth-order valence-electron chi connectivity index (χ4n) is 2.44. The highest BCUT2D eigenvalue weighted by Gasteiger charge is 2.17. The Kier molecular flexibility index (Phi) is 6.43. The highest BCUT2D eigenvalue weighted by atomic mass is 35.5. The molecule has 2 rings (SSSR count). The van der Waals surface area contributed by atoms with E-state index in [4.69, 9.17) is 11.6 Å². The maximum absolute atomic E-state index is 12.2. The second kappa shape index (κ2) is 8.55. The number of amides is 1. The van der Waals surface area contributed by atoms with Crippen LogP contribution in [-0.4, -0.2) is 5.91 Å². The summed E-state index contributed by atoms with van der Waals surface area (Å²) in [5.41, 5.74) is 2.85. The maximum atomic E-state index is 12.2. The molecule has 0 saturated heterocycles. The Morgan fingerprint density at radius 1 is 1.15 bits per heavy atom. The zero-order chi connectivity index (χ0) is 19.2. The Morgan fingerprint density at radius 2 is 1.81 bits per heavy atom. The van der Waals surface area contributed by atoms with Crippen LogP contribution in [0.1, 0.15) is 31.9 Å². The third kappa shape index (κ3) is 5.37. The molecule has 2 N–H and O–H groups in total. The molecule has 2 aromatic rings. The van der Waals surface area contributed by atoms with Crippen LogP contribution in [0.5, 0.6) is 0 Å². The van der Waals surface area contributed by atoms with Crippen LogP contribution in [0, 0.1) is 11.3 Å². The first-order valence-electron chi connectivity index (χ1n) is 8.30. The number of hydrogen-bond acceptors (Lipinski definition) is 3. The normalized spacial score (nSPS) is 11.6. The van der Waals surface area contributed by atoms with Crippen molar-refractivity contribution in [3.63, 3.8) is 0 Å². The Labute approximate surface area is 159 Å². The maximum Gasteiger partial charge on any atom is 0.263 e. The monoisotopic (exact) mass is 367 g/mol. The summed E-state index contributed by atoms with van der Waals surface area (Å²) >= 11 is 5.84. The molecule has 26 heavy (non-hydrogen) atoms. The molecule has 1 amide bonds. The smallest absolute Gasteiger partial charge is 0.263 e. The topological polar surface area (TPSA) is 64.9 Å². The summed E-state index contributed by atoms with van der Waals surface area (Å²) in [5.74, 6) is -0.428. The number of hydrogen-bond donors (Lipinski definition) is 2. The van der Waals surface area contributed by atoms with Gasteiger partial charge in [0, 0.05) is 23.5 Å². The lowest BCUT2D eigenvalue weighted by atomic mass is 9.86. The van der Waals surface area contributed by atoms with Crippen LogP contribution in [0.25, 0.3) is 0 Å². The third-order valence-corrected chi connectivity index (χ3v) is 4.09. The largest absolute Gasteiger partial charge is 0.360 e. The molecule has 4 nitrogen and oxygen atoms in total. The fraction of sp³-hybridized carbons (Fsp3) is 0.238. The number of rotatable bonds is 5. The van der Waals surface area contributed by atoms with E-state index < -0.39 is 5.91 Å². The molecule has 134 valence electrons. The minimum atomic E-state index is -0.428. The number of carbonyl (C=O) groups excluding carboxylic acids is 1. The van der Waals surface area contributed by atoms with Crippen molar-refractivity contribution in [3.05, 3.63) is 76.5 Å². The van der Waals surface area contributed by atoms with Gasteiger partial charge < -0.3 is 10.6 Å². The second-order valence-electron chi connectivity index (χ2n) is 6.92. The highest BCUT2D eigenvalue weighted by Crippen LogP contribution is 2.29. The molecule has 0 fully saturated rings. The molecule has 0 aliphatic rings. The third-order valence-electron chi connectivity index (χ3n) is 3.84. The highest BCUT2D eigenvalue weighted by molar-refractivity contribution is 6.30. The van der Waals surface area contributed by atoms with Crippen molar-refractivity contribution in [2.45, 2.75) is 32.7 Å². The van der Waals surface area contributed by atoms with Crippen molar-refractivity contribution >= 4 is 23.2 Å². The number of nitrogens with zero attached hydrogens (tertiary/aromatic N) is 1. The number of anilines is 1. The Hall–Kier alpha value is -2.77. The summed E-state index contributed by atoms with van der Waals surface area (Å²) < 4.78 is 0. The van der Waals surface area contributed by atoms with Crippen LogP contribution in [0.3, 0.4) is 0 Å². The van der Waals surface area contributed by atoms with Gasteiger partial charge in [-0.25, -0.2) is 0 Å². The van der Waals surface area contributed by atoms with E-state index in [1.165, 1.54) is 6.20 Å². The number of benzene rings is 2. The van der Waals surface area contributed by atoms with Crippen LogP contribution >= 0.6 is 11.6 Å². The van der Waals surface area contributed by atoms with E-state index in [2.05, 4.69) is 31.4 Å². The summed E-state index contributed by atoms with van der Waals surface area (Å²) in [6.45, 7) is 6.66. The zero-order valence-corrected chi connectivity index (χ0v) is 15.9. The minimum Gasteiger partial charge on any atom is -0.360 e. The molecule has 0 radical (unpaired) electrons. The van der Waals surface area contributed by atoms with Crippen LogP contribution in [0.2, 0.25) is 5.02 Å². The lowest BCUT2D eigenvalue weighted by Gasteiger charge is -2.22. The molecule has 0 atom stereocenters. The molecule has 0 aliphatic heterocycles. The van der Waals surface area contributed by atoms with Gasteiger partial charge in [0.05, 0.1) is 0 Å². The second-order valence-corrected chi connectivity index (χ2v) is 7.36. The van der Waals surface area contributed by atoms with Gasteiger partial charge in [0.15, 0.2) is 0 Å². The number of nitriles is 1. The molecular formula is C21H22ClN3O. The van der Waals surface area contributed by atoms with Crippen molar-refractivity contribution in [1.29, 1.82) is 5.26 Å². The van der Waals surface area contributed by atoms with Gasteiger partial charge in [-0.1, -0.05) is 62.7 Å². The van der Waals surface area contributed by atoms with Gasteiger partial charge >= 0.3 is 0 Å². The van der Waals surface area contributed by atoms with E-state index >= 15 is 0 Å². The molecule has 0 bridgehead atoms. The van der Waals surface area contributed by atoms with Gasteiger partial charge in [-0.15, -0.1) is 0 Å². The van der Waals surface area contributed by atoms with Gasteiger partial charge in [-0.05, 0) is 34.7 Å². The first-order valence-corrected chi connectivity index (χ1v) is 8.68. The SMILES string of the molecule is CC(C)(C)c1ccccc1N/C=C(/C#N)C(=O)NCc1ccc(Cl)cc1. The van der Waals surface area contributed by atoms with Crippen molar-refractivity contribution in [2.75, 3.05) is 5.32 Å². The predicted octanol–water partition coefficient (Wildman–Crippen LogP) is 4.77. The number of carbonyl (C=O) groups is 1. The van der Waals surface area contributed by atoms with Crippen molar-refractivity contribution in [1.82, 2.24) is 5.32 Å². The number of nitrogens with one attached hydrogen (secondary N) is 2. The van der Waals surface area contributed by atoms with Gasteiger partial charge in [-0.3, -0.25) is 4.79 Å². The Morgan fingerprint density at radius 3 is 2.42 bits per heavy atom. The predicted molar refractivity (Wildman–Crippen MR) is 106 cm³/mol. The summed E-state index contributed by atoms with van der Waals surface area (Å²) in [7, 11) is 0. The van der Waals surface area contributed by atoms with Crippen LogP contribution in [0.4, 0.5) is 5.69 Å². The number of halogens is 1. The van der Waals surface area contributed by atoms with E-state index in [0.29, 0.717) is 11.6 Å². The zero-order valence-electron chi connectivity index (χ0n) is 15.1. The van der Waals surface area contributed by atoms with Crippen molar-refractivity contribution in [2.24, 2.45) is 0 Å². The van der Waals surface area contributed by atoms with Crippen LogP contribution < -0.4 is 10.6 Å². The molecule has 0 spiro atoms. The summed E-state index contributed by atoms with van der Waals surface area (Å²) in [6, 6.07) is 17.0. The minimum absolute atomic E-state index is 0.0164. The lowest BCUT2D eigenvalue weighted by molar-refractivity contribution is -0.117. The average Bonchev–Trinajstić information content (AvgIpc) is 2.61. The summed E-state index contributed by atoms with van der Waals surface area (Å²) in [6.07, 6.45) is 1.45. The molecular weight excluding hydrogens is 346 g/mol. The molecule has 0 aliphatic carbocycles. The standard InChI is InChI=1S/C21H22ClN3O/c1-21(2,3)18-6-4-5-7-19(18)24-14-16(12-23)20(26)25-13-15-8-10-17(22)11-9-15/h4-11,14,24H,13H2,1-3H3,(H,25,26)/b16-14-. The summed E-state index contributed by atoms with van der Waals surface area (Å²) in [5, 5.41) is 15.8. The van der Waals surface area contributed by atoms with Gasteiger partial charge in [0.2, 0.25) is 0 Å². The lowest BCUT2D eigenvalue weighted by Crippen LogP contribution is -2.24. The van der Waals surface area contributed by atoms with Gasteiger partial charge in [0.1, 0.15) is 11.6 Å². The molecule has 2 aromatic carbocycles. The first-order chi connectivity index (χ1) is 12.3. The van der Waals surface area contributed by atoms with E-state index in [-0.39, 0.29) is 11.0 Å². The molecule has 0 saturated carbocycles. The Balaban J connectivity index is 2.07. The van der Waals surface area contributed by atoms with Crippen LogP contribution in [-0.2, 0) is 16.8 Å². The summed E-state index contributed by atoms with van der Waals surface area (Å²) in [4.78, 5) is 12.2. The first kappa shape index (κ1) is 19.6. The van der Waals surface area contributed by atoms with Crippen molar-refractivity contribution in [3.8, 4) is 6.07 Å². The molecule has 5 heteroatoms. The van der Waals surface area contributed by atoms with E-state index in [0.717, 1.165) is 16.8 Å². The van der Waals surface area contributed by atoms with E-state index in [1.807, 2.05) is 42.5 Å². The number of para-hydroxylation sites is 1. The fourth-order valence-corrected chi connectivity index (χ4v) is 2.57.